The van der Waals surface area contributed by atoms with Gasteiger partial charge in [0.05, 0.1) is 21.8 Å². The van der Waals surface area contributed by atoms with Crippen molar-refractivity contribution < 1.29 is 9.53 Å². The lowest BCUT2D eigenvalue weighted by molar-refractivity contribution is -0.138. The molecule has 2 heterocycles. The molecule has 3 aromatic rings. The zero-order chi connectivity index (χ0) is 26.5. The van der Waals surface area contributed by atoms with Gasteiger partial charge in [0.25, 0.3) is 5.56 Å². The van der Waals surface area contributed by atoms with Gasteiger partial charge in [-0.15, -0.1) is 11.8 Å². The van der Waals surface area contributed by atoms with Crippen molar-refractivity contribution in [2.75, 3.05) is 30.9 Å². The molecule has 1 atom stereocenters. The number of benzene rings is 2. The summed E-state index contributed by atoms with van der Waals surface area (Å²) in [6, 6.07) is 15.5. The van der Waals surface area contributed by atoms with E-state index in [0.717, 1.165) is 34.8 Å². The van der Waals surface area contributed by atoms with Crippen molar-refractivity contribution in [2.24, 2.45) is 4.99 Å². The van der Waals surface area contributed by atoms with E-state index >= 15 is 0 Å². The van der Waals surface area contributed by atoms with Gasteiger partial charge in [0.2, 0.25) is 0 Å². The molecule has 0 aliphatic carbocycles. The third-order valence-electron chi connectivity index (χ3n) is 6.32. The van der Waals surface area contributed by atoms with Crippen LogP contribution in [0.15, 0.2) is 87.1 Å². The predicted octanol–water partition coefficient (Wildman–Crippen LogP) is 4.53. The van der Waals surface area contributed by atoms with E-state index in [4.69, 9.17) is 4.74 Å². The highest BCUT2D eigenvalue weighted by molar-refractivity contribution is 7.98. The first-order valence-corrected chi connectivity index (χ1v) is 14.2. The number of fused-ring (bicyclic) bond motifs is 1. The lowest BCUT2D eigenvalue weighted by Crippen LogP contribution is -2.39. The summed E-state index contributed by atoms with van der Waals surface area (Å²) >= 11 is 2.96. The first-order valence-electron chi connectivity index (χ1n) is 12.2. The van der Waals surface area contributed by atoms with Gasteiger partial charge in [0.1, 0.15) is 6.61 Å². The van der Waals surface area contributed by atoms with E-state index in [2.05, 4.69) is 42.5 Å². The van der Waals surface area contributed by atoms with Gasteiger partial charge in [-0.05, 0) is 68.5 Å². The van der Waals surface area contributed by atoms with Gasteiger partial charge in [-0.2, -0.15) is 0 Å². The third kappa shape index (κ3) is 5.50. The molecule has 0 saturated heterocycles. The maximum absolute atomic E-state index is 13.8. The standard InChI is InChI=1S/C29H31N3O3S2/c1-6-17-35-28(34)25-19(4)30-29-32(26(25)21-11-15-23(36-5)16-12-21)27(33)24(37-29)18-20-9-13-22(14-10-20)31(7-2)8-3/h6,9-16,18,26H,1,7-8,17H2,2-5H3. The van der Waals surface area contributed by atoms with E-state index in [0.29, 0.717) is 20.6 Å². The molecule has 2 aromatic carbocycles. The lowest BCUT2D eigenvalue weighted by atomic mass is 9.96. The summed E-state index contributed by atoms with van der Waals surface area (Å²) < 4.78 is 7.58. The minimum absolute atomic E-state index is 0.0850. The minimum Gasteiger partial charge on any atom is -0.458 e. The number of thioether (sulfide) groups is 1. The summed E-state index contributed by atoms with van der Waals surface area (Å²) in [5, 5.41) is 0. The Bertz CT molecular complexity index is 1500. The van der Waals surface area contributed by atoms with E-state index in [1.54, 1.807) is 23.3 Å². The van der Waals surface area contributed by atoms with Crippen molar-refractivity contribution in [2.45, 2.75) is 31.7 Å². The van der Waals surface area contributed by atoms with E-state index in [1.807, 2.05) is 48.7 Å². The van der Waals surface area contributed by atoms with E-state index in [-0.39, 0.29) is 12.2 Å². The minimum atomic E-state index is -0.628. The fourth-order valence-corrected chi connectivity index (χ4v) is 5.87. The summed E-state index contributed by atoms with van der Waals surface area (Å²) in [7, 11) is 0. The Hall–Kier alpha value is -3.36. The Morgan fingerprint density at radius 3 is 2.43 bits per heavy atom. The third-order valence-corrected chi connectivity index (χ3v) is 8.05. The van der Waals surface area contributed by atoms with Gasteiger partial charge in [-0.25, -0.2) is 9.79 Å². The Balaban J connectivity index is 1.84. The van der Waals surface area contributed by atoms with Crippen molar-refractivity contribution >= 4 is 40.8 Å². The van der Waals surface area contributed by atoms with Crippen molar-refractivity contribution in [3.8, 4) is 0 Å². The second kappa shape index (κ2) is 11.8. The number of allylic oxidation sites excluding steroid dienone is 1. The van der Waals surface area contributed by atoms with Crippen molar-refractivity contribution in [3.63, 3.8) is 0 Å². The van der Waals surface area contributed by atoms with E-state index in [1.165, 1.54) is 17.4 Å². The van der Waals surface area contributed by atoms with Gasteiger partial charge in [0, 0.05) is 23.7 Å². The zero-order valence-electron chi connectivity index (χ0n) is 21.6. The number of hydrogen-bond acceptors (Lipinski definition) is 7. The van der Waals surface area contributed by atoms with Gasteiger partial charge < -0.3 is 9.64 Å². The van der Waals surface area contributed by atoms with Crippen LogP contribution in [-0.4, -0.2) is 36.5 Å². The van der Waals surface area contributed by atoms with Crippen LogP contribution in [0.2, 0.25) is 0 Å². The number of rotatable bonds is 9. The fraction of sp³-hybridized carbons (Fsp3) is 0.276. The molecule has 4 rings (SSSR count). The maximum atomic E-state index is 13.8. The molecule has 37 heavy (non-hydrogen) atoms. The SMILES string of the molecule is C=CCOC(=O)C1=C(C)N=c2sc(=Cc3ccc(N(CC)CC)cc3)c(=O)n2C1c1ccc(SC)cc1. The molecule has 8 heteroatoms. The molecule has 0 N–H and O–H groups in total. The lowest BCUT2D eigenvalue weighted by Gasteiger charge is -2.24. The normalized spacial score (nSPS) is 15.2. The average Bonchev–Trinajstić information content (AvgIpc) is 3.22. The largest absolute Gasteiger partial charge is 0.458 e. The number of esters is 1. The number of carbonyl (C=O) groups is 1. The van der Waals surface area contributed by atoms with Crippen molar-refractivity contribution in [1.82, 2.24) is 4.57 Å². The predicted molar refractivity (Wildman–Crippen MR) is 153 cm³/mol. The molecular formula is C29H31N3O3S2. The van der Waals surface area contributed by atoms with Crippen LogP contribution >= 0.6 is 23.1 Å². The second-order valence-electron chi connectivity index (χ2n) is 8.51. The first-order chi connectivity index (χ1) is 17.9. The van der Waals surface area contributed by atoms with Crippen LogP contribution in [0.4, 0.5) is 5.69 Å². The fourth-order valence-electron chi connectivity index (χ4n) is 4.42. The molecule has 6 nitrogen and oxygen atoms in total. The van der Waals surface area contributed by atoms with Crippen LogP contribution in [0.25, 0.3) is 6.08 Å². The van der Waals surface area contributed by atoms with Crippen LogP contribution in [0, 0.1) is 0 Å². The first kappa shape index (κ1) is 26.7. The summed E-state index contributed by atoms with van der Waals surface area (Å²) in [5.41, 5.74) is 3.63. The Morgan fingerprint density at radius 2 is 1.84 bits per heavy atom. The monoisotopic (exact) mass is 533 g/mol. The Kier molecular flexibility index (Phi) is 8.51. The average molecular weight is 534 g/mol. The topological polar surface area (TPSA) is 63.9 Å². The maximum Gasteiger partial charge on any atom is 0.338 e. The molecule has 0 saturated carbocycles. The summed E-state index contributed by atoms with van der Waals surface area (Å²) in [5.74, 6) is -0.499. The molecule has 0 amide bonds. The number of carbonyl (C=O) groups excluding carboxylic acids is 1. The number of anilines is 1. The quantitative estimate of drug-likeness (QED) is 0.230. The number of nitrogens with zero attached hydrogens (tertiary/aromatic N) is 3. The molecular weight excluding hydrogens is 502 g/mol. The van der Waals surface area contributed by atoms with E-state index < -0.39 is 12.0 Å². The van der Waals surface area contributed by atoms with Crippen LogP contribution < -0.4 is 19.8 Å². The second-order valence-corrected chi connectivity index (χ2v) is 10.4. The van der Waals surface area contributed by atoms with Gasteiger partial charge >= 0.3 is 5.97 Å². The smallest absolute Gasteiger partial charge is 0.338 e. The molecule has 1 unspecified atom stereocenters. The molecule has 1 aromatic heterocycles. The Labute approximate surface area is 225 Å². The Morgan fingerprint density at radius 1 is 1.16 bits per heavy atom. The number of ether oxygens (including phenoxy) is 1. The highest BCUT2D eigenvalue weighted by Crippen LogP contribution is 2.31. The molecule has 1 aliphatic heterocycles. The van der Waals surface area contributed by atoms with Crippen LogP contribution in [-0.2, 0) is 9.53 Å². The van der Waals surface area contributed by atoms with Crippen LogP contribution in [0.1, 0.15) is 37.9 Å². The highest BCUT2D eigenvalue weighted by atomic mass is 32.2. The molecule has 0 fully saturated rings. The number of thiazole rings is 1. The van der Waals surface area contributed by atoms with Crippen molar-refractivity contribution in [3.05, 3.63) is 103 Å². The van der Waals surface area contributed by atoms with Gasteiger partial charge in [0.15, 0.2) is 4.80 Å². The van der Waals surface area contributed by atoms with Crippen molar-refractivity contribution in [1.29, 1.82) is 0 Å². The molecule has 1 aliphatic rings. The molecule has 0 radical (unpaired) electrons. The number of hydrogen-bond donors (Lipinski definition) is 0. The summed E-state index contributed by atoms with van der Waals surface area (Å²) in [6.45, 7) is 11.6. The molecule has 0 bridgehead atoms. The summed E-state index contributed by atoms with van der Waals surface area (Å²) in [4.78, 5) is 35.5. The van der Waals surface area contributed by atoms with E-state index in [9.17, 15) is 9.59 Å². The number of aromatic nitrogens is 1. The van der Waals surface area contributed by atoms with Crippen LogP contribution in [0.3, 0.4) is 0 Å². The van der Waals surface area contributed by atoms with Crippen LogP contribution in [0.5, 0.6) is 0 Å². The zero-order valence-corrected chi connectivity index (χ0v) is 23.2. The molecule has 192 valence electrons. The van der Waals surface area contributed by atoms with Gasteiger partial charge in [-0.1, -0.05) is 48.3 Å². The van der Waals surface area contributed by atoms with Gasteiger partial charge in [-0.3, -0.25) is 9.36 Å². The molecule has 0 spiro atoms. The highest BCUT2D eigenvalue weighted by Gasteiger charge is 2.33. The summed E-state index contributed by atoms with van der Waals surface area (Å²) in [6.07, 6.45) is 5.42.